The molecular formula is C33H46ClN5O6. The molecule has 1 saturated carbocycles. The van der Waals surface area contributed by atoms with Crippen LogP contribution in [0.5, 0.6) is 0 Å². The maximum Gasteiger partial charge on any atom is 0.289 e. The smallest absolute Gasteiger partial charge is 0.289 e. The van der Waals surface area contributed by atoms with Crippen LogP contribution in [0, 0.1) is 11.3 Å². The van der Waals surface area contributed by atoms with Gasteiger partial charge in [0.25, 0.3) is 5.91 Å². The molecule has 3 aliphatic rings. The van der Waals surface area contributed by atoms with Crippen molar-refractivity contribution in [3.05, 3.63) is 34.9 Å². The molecule has 1 saturated heterocycles. The van der Waals surface area contributed by atoms with Gasteiger partial charge in [-0.3, -0.25) is 24.0 Å². The highest BCUT2D eigenvalue weighted by Gasteiger charge is 2.55. The summed E-state index contributed by atoms with van der Waals surface area (Å²) in [6, 6.07) is 4.20. The Balaban J connectivity index is 1.61. The van der Waals surface area contributed by atoms with E-state index in [2.05, 4.69) is 21.1 Å². The van der Waals surface area contributed by atoms with Gasteiger partial charge in [-0.05, 0) is 42.7 Å². The van der Waals surface area contributed by atoms with Gasteiger partial charge >= 0.3 is 0 Å². The third-order valence-electron chi connectivity index (χ3n) is 8.34. The van der Waals surface area contributed by atoms with Crippen LogP contribution in [0.3, 0.4) is 0 Å². The lowest BCUT2D eigenvalue weighted by Crippen LogP contribution is -2.59. The van der Waals surface area contributed by atoms with Gasteiger partial charge in [-0.2, -0.15) is 0 Å². The predicted molar refractivity (Wildman–Crippen MR) is 170 cm³/mol. The number of hydrogen-bond acceptors (Lipinski definition) is 7. The van der Waals surface area contributed by atoms with E-state index in [1.165, 1.54) is 4.90 Å². The Morgan fingerprint density at radius 2 is 1.84 bits per heavy atom. The number of amides is 4. The van der Waals surface area contributed by atoms with Crippen LogP contribution >= 0.6 is 11.6 Å². The Bertz CT molecular complexity index is 1350. The Hall–Kier alpha value is -3.47. The number of carbonyl (C=O) groups excluding carboxylic acids is 5. The zero-order valence-corrected chi connectivity index (χ0v) is 27.8. The lowest BCUT2D eigenvalue weighted by Gasteiger charge is -2.35. The topological polar surface area (TPSA) is 146 Å². The lowest BCUT2D eigenvalue weighted by molar-refractivity contribution is -0.145. The third-order valence-corrected chi connectivity index (χ3v) is 8.58. The van der Waals surface area contributed by atoms with Crippen molar-refractivity contribution >= 4 is 46.7 Å². The molecule has 4 rings (SSSR count). The van der Waals surface area contributed by atoms with Crippen molar-refractivity contribution in [3.63, 3.8) is 0 Å². The van der Waals surface area contributed by atoms with Crippen molar-refractivity contribution in [1.82, 2.24) is 20.9 Å². The summed E-state index contributed by atoms with van der Waals surface area (Å²) >= 11 is 6.22. The Morgan fingerprint density at radius 1 is 1.13 bits per heavy atom. The summed E-state index contributed by atoms with van der Waals surface area (Å²) in [5.41, 5.74) is -0.276. The van der Waals surface area contributed by atoms with E-state index in [9.17, 15) is 24.0 Å². The minimum absolute atomic E-state index is 0.00400. The van der Waals surface area contributed by atoms with Crippen molar-refractivity contribution in [2.24, 2.45) is 16.5 Å². The average molecular weight is 644 g/mol. The summed E-state index contributed by atoms with van der Waals surface area (Å²) in [5, 5.41) is 13.3. The summed E-state index contributed by atoms with van der Waals surface area (Å²) in [5.74, 6) is -2.58. The number of likely N-dealkylation sites (tertiary alicyclic amines) is 1. The Kier molecular flexibility index (Phi) is 10.6. The van der Waals surface area contributed by atoms with Gasteiger partial charge in [0.15, 0.2) is 5.60 Å². The van der Waals surface area contributed by atoms with E-state index in [1.54, 1.807) is 12.1 Å². The zero-order valence-electron chi connectivity index (χ0n) is 27.1. The van der Waals surface area contributed by atoms with Gasteiger partial charge in [-0.15, -0.1) is 0 Å². The van der Waals surface area contributed by atoms with Gasteiger partial charge in [-0.25, -0.2) is 0 Å². The highest BCUT2D eigenvalue weighted by molar-refractivity contribution is 6.38. The van der Waals surface area contributed by atoms with Crippen molar-refractivity contribution < 1.29 is 28.8 Å². The first-order chi connectivity index (χ1) is 21.1. The van der Waals surface area contributed by atoms with Crippen molar-refractivity contribution in [1.29, 1.82) is 0 Å². The molecule has 246 valence electrons. The minimum Gasteiger partial charge on any atom is -0.387 e. The molecule has 1 aromatic rings. The molecule has 45 heavy (non-hydrogen) atoms. The summed E-state index contributed by atoms with van der Waals surface area (Å²) in [6.07, 6.45) is 3.15. The van der Waals surface area contributed by atoms with Gasteiger partial charge in [0.2, 0.25) is 23.5 Å². The summed E-state index contributed by atoms with van der Waals surface area (Å²) in [6.45, 7) is 11.3. The number of carbonyl (C=O) groups is 5. The second kappa shape index (κ2) is 13.9. The highest BCUT2D eigenvalue weighted by Crippen LogP contribution is 2.40. The Labute approximate surface area is 270 Å². The lowest BCUT2D eigenvalue weighted by atomic mass is 9.85. The molecule has 12 heteroatoms. The second-order valence-electron chi connectivity index (χ2n) is 14.1. The van der Waals surface area contributed by atoms with Crippen LogP contribution < -0.4 is 16.0 Å². The molecule has 0 aromatic heterocycles. The number of ketones is 1. The van der Waals surface area contributed by atoms with E-state index in [1.807, 2.05) is 53.7 Å². The maximum atomic E-state index is 14.3. The van der Waals surface area contributed by atoms with Crippen LogP contribution in [-0.4, -0.2) is 76.3 Å². The van der Waals surface area contributed by atoms with Crippen LogP contribution in [0.25, 0.3) is 0 Å². The summed E-state index contributed by atoms with van der Waals surface area (Å²) in [7, 11) is 0. The van der Waals surface area contributed by atoms with Crippen LogP contribution in [-0.2, 0) is 28.8 Å². The maximum absolute atomic E-state index is 14.3. The first kappa shape index (κ1) is 34.4. The van der Waals surface area contributed by atoms with Crippen molar-refractivity contribution in [3.8, 4) is 0 Å². The number of nitrogens with one attached hydrogen (secondary N) is 3. The first-order valence-electron chi connectivity index (χ1n) is 15.9. The standard InChI is InChI=1S/C33H46ClN5O6/c1-7-9-23(27(41)30(43)35-22-12-13-22)36-29(42)25-17-33(16-24(38-45-33)20-10-8-11-21(34)15-20)18-39(25)31(44)28(32(4,5)6)37-26(40)14-19(2)3/h8,10-11,15,19,22-23,25,28H,7,9,12-14,16-18H2,1-6H3,(H,35,43)(H,36,42)(H,37,40)/t23-,25-,28+,33+/m0/s1. The number of halogens is 1. The van der Waals surface area contributed by atoms with Gasteiger partial charge < -0.3 is 25.7 Å². The van der Waals surface area contributed by atoms with E-state index >= 15 is 0 Å². The molecule has 3 N–H and O–H groups in total. The quantitative estimate of drug-likeness (QED) is 0.297. The SMILES string of the molecule is CCC[C@H](NC(=O)[C@@H]1C[C@]2(CC(c3cccc(Cl)c3)=NO2)CN1C(=O)[C@@H](NC(=O)CC(C)C)C(C)(C)C)C(=O)C(=O)NC1CC1. The fraction of sp³-hybridized carbons (Fsp3) is 0.636. The van der Waals surface area contributed by atoms with E-state index in [0.717, 1.165) is 18.4 Å². The van der Waals surface area contributed by atoms with E-state index in [-0.39, 0.29) is 43.7 Å². The average Bonchev–Trinajstić information content (AvgIpc) is 3.55. The van der Waals surface area contributed by atoms with Gasteiger partial charge in [0.05, 0.1) is 18.3 Å². The summed E-state index contributed by atoms with van der Waals surface area (Å²) in [4.78, 5) is 74.3. The predicted octanol–water partition coefficient (Wildman–Crippen LogP) is 3.51. The number of Topliss-reactive ketones (excluding diaryl/α,β-unsaturated/α-hetero) is 1. The fourth-order valence-electron chi connectivity index (χ4n) is 5.83. The van der Waals surface area contributed by atoms with Crippen LogP contribution in [0.1, 0.15) is 92.1 Å². The van der Waals surface area contributed by atoms with Gasteiger partial charge in [-0.1, -0.05) is 76.9 Å². The molecule has 1 spiro atoms. The molecule has 1 aliphatic carbocycles. The zero-order chi connectivity index (χ0) is 33.1. The monoisotopic (exact) mass is 643 g/mol. The minimum atomic E-state index is -1.04. The second-order valence-corrected chi connectivity index (χ2v) is 14.5. The van der Waals surface area contributed by atoms with Crippen molar-refractivity contribution in [2.75, 3.05) is 6.54 Å². The summed E-state index contributed by atoms with van der Waals surface area (Å²) < 4.78 is 0. The molecule has 4 atom stereocenters. The molecule has 0 unspecified atom stereocenters. The number of oxime groups is 1. The molecule has 11 nitrogen and oxygen atoms in total. The largest absolute Gasteiger partial charge is 0.387 e. The third kappa shape index (κ3) is 8.62. The number of rotatable bonds is 12. The normalized spacial score (nSPS) is 22.4. The molecule has 2 heterocycles. The van der Waals surface area contributed by atoms with Crippen LogP contribution in [0.2, 0.25) is 5.02 Å². The van der Waals surface area contributed by atoms with E-state index in [0.29, 0.717) is 23.6 Å². The molecular weight excluding hydrogens is 598 g/mol. The molecule has 0 bridgehead atoms. The highest BCUT2D eigenvalue weighted by atomic mass is 35.5. The fourth-order valence-corrected chi connectivity index (χ4v) is 6.02. The first-order valence-corrected chi connectivity index (χ1v) is 16.3. The molecule has 2 aliphatic heterocycles. The van der Waals surface area contributed by atoms with Crippen molar-refractivity contribution in [2.45, 2.75) is 116 Å². The molecule has 2 fully saturated rings. The van der Waals surface area contributed by atoms with Gasteiger partial charge in [0.1, 0.15) is 12.1 Å². The molecule has 0 radical (unpaired) electrons. The van der Waals surface area contributed by atoms with Gasteiger partial charge in [0, 0.05) is 35.9 Å². The number of benzene rings is 1. The molecule has 4 amide bonds. The van der Waals surface area contributed by atoms with E-state index in [4.69, 9.17) is 16.4 Å². The molecule has 1 aromatic carbocycles. The number of nitrogens with zero attached hydrogens (tertiary/aromatic N) is 2. The van der Waals surface area contributed by atoms with Crippen LogP contribution in [0.4, 0.5) is 0 Å². The van der Waals surface area contributed by atoms with E-state index < -0.39 is 52.6 Å². The Morgan fingerprint density at radius 3 is 2.44 bits per heavy atom. The van der Waals surface area contributed by atoms with Crippen LogP contribution in [0.15, 0.2) is 29.4 Å². The number of hydrogen-bond donors (Lipinski definition) is 3.